The molecule has 4 rings (SSSR count). The van der Waals surface area contributed by atoms with Crippen LogP contribution in [0.2, 0.25) is 0 Å². The van der Waals surface area contributed by atoms with Gasteiger partial charge in [-0.15, -0.1) is 0 Å². The highest BCUT2D eigenvalue weighted by Gasteiger charge is 2.60. The summed E-state index contributed by atoms with van der Waals surface area (Å²) in [5, 5.41) is 9.85. The van der Waals surface area contributed by atoms with Crippen LogP contribution in [0.25, 0.3) is 0 Å². The first kappa shape index (κ1) is 20.6. The maximum absolute atomic E-state index is 13.5. The van der Waals surface area contributed by atoms with Gasteiger partial charge >= 0.3 is 0 Å². The van der Waals surface area contributed by atoms with E-state index in [0.717, 1.165) is 44.1 Å². The van der Waals surface area contributed by atoms with Crippen LogP contribution in [0.5, 0.6) is 0 Å². The van der Waals surface area contributed by atoms with Gasteiger partial charge in [-0.2, -0.15) is 5.10 Å². The van der Waals surface area contributed by atoms with Crippen molar-refractivity contribution < 1.29 is 9.59 Å². The van der Waals surface area contributed by atoms with Gasteiger partial charge in [-0.25, -0.2) is 0 Å². The summed E-state index contributed by atoms with van der Waals surface area (Å²) in [6.07, 6.45) is 12.0. The summed E-state index contributed by atoms with van der Waals surface area (Å²) in [7, 11) is 0. The smallest absolute Gasteiger partial charge is 0.257 e. The quantitative estimate of drug-likeness (QED) is 0.701. The normalized spacial score (nSPS) is 25.1. The van der Waals surface area contributed by atoms with E-state index in [2.05, 4.69) is 34.3 Å². The largest absolute Gasteiger partial charge is 0.355 e. The highest BCUT2D eigenvalue weighted by atomic mass is 16.2. The molecule has 7 nitrogen and oxygen atoms in total. The fourth-order valence-electron chi connectivity index (χ4n) is 5.22. The van der Waals surface area contributed by atoms with Gasteiger partial charge in [0.05, 0.1) is 17.2 Å². The molecule has 0 aliphatic carbocycles. The fourth-order valence-corrected chi connectivity index (χ4v) is 5.22. The molecular formula is C23H31N5O2. The van der Waals surface area contributed by atoms with Gasteiger partial charge in [-0.1, -0.05) is 19.9 Å². The van der Waals surface area contributed by atoms with Crippen LogP contribution < -0.4 is 5.32 Å². The first-order valence-corrected chi connectivity index (χ1v) is 11.0. The van der Waals surface area contributed by atoms with Gasteiger partial charge in [0.15, 0.2) is 0 Å². The summed E-state index contributed by atoms with van der Waals surface area (Å²) in [5.74, 6) is 0.609. The monoisotopic (exact) mass is 409 g/mol. The molecule has 2 saturated heterocycles. The predicted molar refractivity (Wildman–Crippen MR) is 114 cm³/mol. The van der Waals surface area contributed by atoms with Crippen molar-refractivity contribution in [1.82, 2.24) is 25.4 Å². The van der Waals surface area contributed by atoms with Crippen molar-refractivity contribution in [3.8, 4) is 0 Å². The molecule has 2 aromatic heterocycles. The highest BCUT2D eigenvalue weighted by molar-refractivity contribution is 5.96. The topological polar surface area (TPSA) is 91.0 Å². The first-order chi connectivity index (χ1) is 14.5. The number of rotatable bonds is 8. The molecular weight excluding hydrogens is 378 g/mol. The maximum Gasteiger partial charge on any atom is 0.257 e. The average molecular weight is 410 g/mol. The highest BCUT2D eigenvalue weighted by Crippen LogP contribution is 2.53. The minimum absolute atomic E-state index is 0.00849. The Morgan fingerprint density at radius 2 is 2.20 bits per heavy atom. The lowest BCUT2D eigenvalue weighted by atomic mass is 9.69. The van der Waals surface area contributed by atoms with Crippen LogP contribution >= 0.6 is 0 Å². The number of nitrogens with one attached hydrogen (secondary N) is 2. The van der Waals surface area contributed by atoms with E-state index in [-0.39, 0.29) is 23.9 Å². The van der Waals surface area contributed by atoms with Gasteiger partial charge in [-0.3, -0.25) is 19.7 Å². The van der Waals surface area contributed by atoms with Gasteiger partial charge in [-0.05, 0) is 56.1 Å². The summed E-state index contributed by atoms with van der Waals surface area (Å²) in [6, 6.07) is 4.03. The van der Waals surface area contributed by atoms with Crippen molar-refractivity contribution in [3.63, 3.8) is 0 Å². The zero-order valence-electron chi connectivity index (χ0n) is 17.8. The summed E-state index contributed by atoms with van der Waals surface area (Å²) < 4.78 is 0. The Hall–Kier alpha value is -2.70. The van der Waals surface area contributed by atoms with E-state index in [1.807, 2.05) is 23.2 Å². The lowest BCUT2D eigenvalue weighted by Crippen LogP contribution is -2.50. The van der Waals surface area contributed by atoms with E-state index in [1.165, 1.54) is 0 Å². The third-order valence-electron chi connectivity index (χ3n) is 6.76. The van der Waals surface area contributed by atoms with Gasteiger partial charge in [0.25, 0.3) is 5.91 Å². The van der Waals surface area contributed by atoms with Gasteiger partial charge in [0, 0.05) is 37.2 Å². The van der Waals surface area contributed by atoms with Crippen LogP contribution in [0.1, 0.15) is 61.9 Å². The molecule has 4 heterocycles. The Balaban J connectivity index is 1.50. The number of fused-ring (bicyclic) bond motifs is 2. The van der Waals surface area contributed by atoms with Crippen molar-refractivity contribution >= 4 is 11.8 Å². The average Bonchev–Trinajstić information content (AvgIpc) is 3.48. The van der Waals surface area contributed by atoms with Crippen molar-refractivity contribution in [2.24, 2.45) is 11.3 Å². The molecule has 2 amide bonds. The SMILES string of the molecule is CC(C)CC[C@]1(C(=O)NCCc2cccnc2)C[C@H]2CC[C@@H]1N2C(=O)c1cn[nH]c1. The van der Waals surface area contributed by atoms with E-state index >= 15 is 0 Å². The number of carbonyl (C=O) groups excluding carboxylic acids is 2. The lowest BCUT2D eigenvalue weighted by Gasteiger charge is -2.36. The summed E-state index contributed by atoms with van der Waals surface area (Å²) in [4.78, 5) is 32.8. The number of aromatic nitrogens is 3. The molecule has 2 aliphatic heterocycles. The third-order valence-corrected chi connectivity index (χ3v) is 6.76. The Labute approximate surface area is 177 Å². The molecule has 2 fully saturated rings. The number of carbonyl (C=O) groups is 2. The van der Waals surface area contributed by atoms with Crippen molar-refractivity contribution in [2.45, 2.75) is 64.5 Å². The number of nitrogens with zero attached hydrogens (tertiary/aromatic N) is 3. The molecule has 2 aliphatic rings. The first-order valence-electron chi connectivity index (χ1n) is 11.0. The van der Waals surface area contributed by atoms with Crippen LogP contribution in [-0.4, -0.2) is 50.5 Å². The molecule has 30 heavy (non-hydrogen) atoms. The van der Waals surface area contributed by atoms with E-state index in [0.29, 0.717) is 18.0 Å². The Bertz CT molecular complexity index is 867. The van der Waals surface area contributed by atoms with Gasteiger partial charge < -0.3 is 10.2 Å². The fraction of sp³-hybridized carbons (Fsp3) is 0.565. The number of hydrogen-bond acceptors (Lipinski definition) is 4. The maximum atomic E-state index is 13.5. The second-order valence-corrected chi connectivity index (χ2v) is 9.11. The van der Waals surface area contributed by atoms with Gasteiger partial charge in [0.1, 0.15) is 0 Å². The Kier molecular flexibility index (Phi) is 5.88. The Morgan fingerprint density at radius 3 is 2.90 bits per heavy atom. The number of hydrogen-bond donors (Lipinski definition) is 2. The number of pyridine rings is 1. The van der Waals surface area contributed by atoms with Crippen LogP contribution in [0.3, 0.4) is 0 Å². The summed E-state index contributed by atoms with van der Waals surface area (Å²) in [5.41, 5.74) is 1.18. The molecule has 2 N–H and O–H groups in total. The summed E-state index contributed by atoms with van der Waals surface area (Å²) >= 11 is 0. The van der Waals surface area contributed by atoms with Crippen LogP contribution in [0, 0.1) is 11.3 Å². The third kappa shape index (κ3) is 3.85. The van der Waals surface area contributed by atoms with Crippen LogP contribution in [-0.2, 0) is 11.2 Å². The van der Waals surface area contributed by atoms with E-state index in [9.17, 15) is 9.59 Å². The van der Waals surface area contributed by atoms with Crippen molar-refractivity contribution in [1.29, 1.82) is 0 Å². The Morgan fingerprint density at radius 1 is 1.33 bits per heavy atom. The molecule has 2 aromatic rings. The zero-order chi connectivity index (χ0) is 21.1. The molecule has 160 valence electrons. The zero-order valence-corrected chi connectivity index (χ0v) is 17.8. The van der Waals surface area contributed by atoms with E-state index in [4.69, 9.17) is 0 Å². The molecule has 0 spiro atoms. The summed E-state index contributed by atoms with van der Waals surface area (Å²) in [6.45, 7) is 4.96. The molecule has 0 saturated carbocycles. The molecule has 0 unspecified atom stereocenters. The molecule has 2 bridgehead atoms. The lowest BCUT2D eigenvalue weighted by molar-refractivity contribution is -0.133. The second-order valence-electron chi connectivity index (χ2n) is 9.11. The number of H-pyrrole nitrogens is 1. The minimum atomic E-state index is -0.498. The van der Waals surface area contributed by atoms with E-state index in [1.54, 1.807) is 18.6 Å². The van der Waals surface area contributed by atoms with Crippen molar-refractivity contribution in [3.05, 3.63) is 48.0 Å². The number of amides is 2. The van der Waals surface area contributed by atoms with E-state index < -0.39 is 5.41 Å². The molecule has 0 radical (unpaired) electrons. The molecule has 7 heteroatoms. The van der Waals surface area contributed by atoms with Gasteiger partial charge in [0.2, 0.25) is 5.91 Å². The molecule has 0 aromatic carbocycles. The van der Waals surface area contributed by atoms with Crippen LogP contribution in [0.4, 0.5) is 0 Å². The second kappa shape index (κ2) is 8.58. The molecule has 3 atom stereocenters. The number of aromatic amines is 1. The minimum Gasteiger partial charge on any atom is -0.355 e. The van der Waals surface area contributed by atoms with Crippen molar-refractivity contribution in [2.75, 3.05) is 6.54 Å². The predicted octanol–water partition coefficient (Wildman–Crippen LogP) is 2.96. The van der Waals surface area contributed by atoms with Crippen LogP contribution in [0.15, 0.2) is 36.9 Å². The standard InChI is InChI=1S/C23H31N5O2/c1-16(2)7-9-23(22(30)25-11-8-17-4-3-10-24-13-17)12-19-5-6-20(23)28(19)21(29)18-14-26-27-15-18/h3-4,10,13-16,19-20H,5-9,11-12H2,1-2H3,(H,25,30)(H,26,27)/t19-,20+,23+/m1/s1.